The second-order valence-corrected chi connectivity index (χ2v) is 11.8. The number of aromatic hydroxyl groups is 1. The molecule has 2 rings (SSSR count). The van der Waals surface area contributed by atoms with Gasteiger partial charge < -0.3 is 14.7 Å². The highest BCUT2D eigenvalue weighted by Crippen LogP contribution is 2.44. The van der Waals surface area contributed by atoms with Crippen LogP contribution in [0.3, 0.4) is 0 Å². The fourth-order valence-electron chi connectivity index (χ4n) is 5.27. The van der Waals surface area contributed by atoms with Crippen LogP contribution in [-0.4, -0.2) is 15.6 Å². The minimum Gasteiger partial charge on any atom is -0.507 e. The largest absolute Gasteiger partial charge is 0.507 e. The van der Waals surface area contributed by atoms with Gasteiger partial charge in [0.1, 0.15) is 17.1 Å². The number of phenolic OH excluding ortho intramolecular Hbond substituents is 1. The molecule has 0 fully saturated rings. The molecule has 4 atom stereocenters. The molecule has 1 aromatic rings. The maximum Gasteiger partial charge on any atom is 0.177 e. The molecule has 198 valence electrons. The van der Waals surface area contributed by atoms with Crippen molar-refractivity contribution in [1.29, 1.82) is 0 Å². The van der Waals surface area contributed by atoms with Gasteiger partial charge in [0.05, 0.1) is 0 Å². The van der Waals surface area contributed by atoms with Crippen molar-refractivity contribution in [3.63, 3.8) is 0 Å². The zero-order valence-corrected chi connectivity index (χ0v) is 24.5. The molecule has 0 bridgehead atoms. The van der Waals surface area contributed by atoms with Crippen LogP contribution in [0, 0.1) is 38.5 Å². The first kappa shape index (κ1) is 31.0. The Balaban J connectivity index is 0.00000182. The van der Waals surface area contributed by atoms with E-state index in [1.54, 1.807) is 0 Å². The monoisotopic (exact) mass is 496 g/mol. The second kappa shape index (κ2) is 15.2. The summed E-state index contributed by atoms with van der Waals surface area (Å²) >= 11 is 0. The van der Waals surface area contributed by atoms with E-state index in [-0.39, 0.29) is 5.60 Å². The molecule has 0 spiro atoms. The van der Waals surface area contributed by atoms with Gasteiger partial charge in [-0.25, -0.2) is 0 Å². The van der Waals surface area contributed by atoms with E-state index >= 15 is 0 Å². The average molecular weight is 497 g/mol. The fourth-order valence-corrected chi connectivity index (χ4v) is 5.27. The summed E-state index contributed by atoms with van der Waals surface area (Å²) < 4.78 is 15.2. The number of hydrogen-bond acceptors (Lipinski definition) is 3. The molecule has 0 saturated carbocycles. The zero-order chi connectivity index (χ0) is 25.9. The Kier molecular flexibility index (Phi) is 13.9. The average Bonchev–Trinajstić information content (AvgIpc) is 2.76. The van der Waals surface area contributed by atoms with Crippen molar-refractivity contribution in [1.82, 2.24) is 0 Å². The summed E-state index contributed by atoms with van der Waals surface area (Å²) in [6.45, 7) is 17.9. The van der Waals surface area contributed by atoms with E-state index < -0.39 is 8.69 Å². The molecule has 0 saturated heterocycles. The van der Waals surface area contributed by atoms with Gasteiger partial charge in [-0.3, -0.25) is 4.57 Å². The molecule has 1 heterocycles. The van der Waals surface area contributed by atoms with Gasteiger partial charge in [-0.2, -0.15) is 0 Å². The summed E-state index contributed by atoms with van der Waals surface area (Å²) in [5, 5.41) is 10.4. The van der Waals surface area contributed by atoms with E-state index in [4.69, 9.17) is 14.2 Å². The maximum atomic E-state index is 10.4. The predicted molar refractivity (Wildman–Crippen MR) is 147 cm³/mol. The molecule has 0 amide bonds. The van der Waals surface area contributed by atoms with Crippen molar-refractivity contribution in [3.05, 3.63) is 22.3 Å². The standard InChI is InChI=1S/C29H50O2.H3O2P/c1-20(2)12-9-13-21(3)14-10-15-22(4)16-11-18-29(8)19-17-26-25(7)27(30)23(5)24(6)28(26)31-29;1-3-2/h20-22,30H,9-19H2,1-8H3;3H2,(H,1,2)/t21-,22-,29-;/m1./s1. The smallest absolute Gasteiger partial charge is 0.177 e. The first-order valence-corrected chi connectivity index (χ1v) is 14.5. The van der Waals surface area contributed by atoms with E-state index in [2.05, 4.69) is 41.5 Å². The molecule has 4 nitrogen and oxygen atoms in total. The molecule has 34 heavy (non-hydrogen) atoms. The third-order valence-electron chi connectivity index (χ3n) is 7.87. The lowest BCUT2D eigenvalue weighted by Crippen LogP contribution is -2.37. The van der Waals surface area contributed by atoms with Crippen LogP contribution in [0.4, 0.5) is 0 Å². The molecule has 0 aliphatic carbocycles. The topological polar surface area (TPSA) is 66.8 Å². The summed E-state index contributed by atoms with van der Waals surface area (Å²) in [4.78, 5) is 7.10. The van der Waals surface area contributed by atoms with E-state index in [0.29, 0.717) is 5.75 Å². The SMILES string of the molecule is Cc1c(C)c2c(c(C)c1O)CC[C@@](C)(CCC[C@H](C)CCC[C@H](C)CCCC(C)C)O2.O=[PH2]O. The van der Waals surface area contributed by atoms with Crippen molar-refractivity contribution in [3.8, 4) is 11.5 Å². The Labute approximate surface area is 211 Å². The summed E-state index contributed by atoms with van der Waals surface area (Å²) in [7, 11) is -1.50. The van der Waals surface area contributed by atoms with Gasteiger partial charge in [0, 0.05) is 5.56 Å². The minimum absolute atomic E-state index is 0.0712. The van der Waals surface area contributed by atoms with Gasteiger partial charge in [0.15, 0.2) is 8.69 Å². The third kappa shape index (κ3) is 9.94. The fraction of sp³-hybridized carbons (Fsp3) is 0.793. The molecular weight excluding hydrogens is 443 g/mol. The second-order valence-electron chi connectivity index (χ2n) is 11.5. The Morgan fingerprint density at radius 2 is 1.38 bits per heavy atom. The van der Waals surface area contributed by atoms with Crippen LogP contribution in [0.1, 0.15) is 121 Å². The van der Waals surface area contributed by atoms with Crippen LogP contribution in [0.2, 0.25) is 0 Å². The van der Waals surface area contributed by atoms with Gasteiger partial charge in [0.25, 0.3) is 0 Å². The van der Waals surface area contributed by atoms with Crippen molar-refractivity contribution in [2.75, 3.05) is 0 Å². The number of phenols is 1. The van der Waals surface area contributed by atoms with Crippen LogP contribution in [0.5, 0.6) is 11.5 Å². The minimum atomic E-state index is -1.50. The zero-order valence-electron chi connectivity index (χ0n) is 23.3. The predicted octanol–water partition coefficient (Wildman–Crippen LogP) is 8.49. The van der Waals surface area contributed by atoms with Gasteiger partial charge in [0.2, 0.25) is 0 Å². The lowest BCUT2D eigenvalue weighted by atomic mass is 9.84. The number of fused-ring (bicyclic) bond motifs is 1. The van der Waals surface area contributed by atoms with Crippen LogP contribution in [0.15, 0.2) is 0 Å². The lowest BCUT2D eigenvalue weighted by Gasteiger charge is -2.38. The number of rotatable bonds is 12. The first-order chi connectivity index (χ1) is 16.0. The highest BCUT2D eigenvalue weighted by atomic mass is 31.1. The van der Waals surface area contributed by atoms with Crippen LogP contribution < -0.4 is 4.74 Å². The molecular formula is C29H53O4P. The van der Waals surface area contributed by atoms with Crippen molar-refractivity contribution < 1.29 is 19.3 Å². The normalized spacial score (nSPS) is 19.5. The van der Waals surface area contributed by atoms with Crippen LogP contribution in [-0.2, 0) is 11.0 Å². The Hall–Kier alpha value is -0.990. The Bertz CT molecular complexity index is 761. The highest BCUT2D eigenvalue weighted by molar-refractivity contribution is 7.16. The van der Waals surface area contributed by atoms with E-state index in [9.17, 15) is 5.11 Å². The quantitative estimate of drug-likeness (QED) is 0.285. The van der Waals surface area contributed by atoms with Crippen molar-refractivity contribution >= 4 is 8.69 Å². The molecule has 0 aromatic heterocycles. The molecule has 1 aliphatic heterocycles. The molecule has 1 unspecified atom stereocenters. The van der Waals surface area contributed by atoms with E-state index in [0.717, 1.165) is 59.5 Å². The summed E-state index contributed by atoms with van der Waals surface area (Å²) in [6, 6.07) is 0. The van der Waals surface area contributed by atoms with Crippen LogP contribution >= 0.6 is 8.69 Å². The highest BCUT2D eigenvalue weighted by Gasteiger charge is 2.34. The lowest BCUT2D eigenvalue weighted by molar-refractivity contribution is 0.0512. The molecule has 1 aromatic carbocycles. The molecule has 1 aliphatic rings. The van der Waals surface area contributed by atoms with Gasteiger partial charge in [-0.05, 0) is 87.8 Å². The maximum absolute atomic E-state index is 10.4. The van der Waals surface area contributed by atoms with Crippen molar-refractivity contribution in [2.24, 2.45) is 17.8 Å². The van der Waals surface area contributed by atoms with E-state index in [1.165, 1.54) is 56.9 Å². The molecule has 0 radical (unpaired) electrons. The summed E-state index contributed by atoms with van der Waals surface area (Å²) in [5.74, 6) is 4.04. The first-order valence-electron chi connectivity index (χ1n) is 13.5. The Morgan fingerprint density at radius 3 is 1.91 bits per heavy atom. The number of ether oxygens (including phenoxy) is 1. The van der Waals surface area contributed by atoms with Gasteiger partial charge in [-0.1, -0.05) is 72.6 Å². The summed E-state index contributed by atoms with van der Waals surface area (Å²) in [6.07, 6.45) is 14.1. The van der Waals surface area contributed by atoms with Gasteiger partial charge in [-0.15, -0.1) is 0 Å². The van der Waals surface area contributed by atoms with Gasteiger partial charge >= 0.3 is 0 Å². The Morgan fingerprint density at radius 1 is 0.882 bits per heavy atom. The number of benzene rings is 1. The van der Waals surface area contributed by atoms with Crippen molar-refractivity contribution in [2.45, 2.75) is 132 Å². The molecule has 5 heteroatoms. The summed E-state index contributed by atoms with van der Waals surface area (Å²) in [5.41, 5.74) is 4.23. The van der Waals surface area contributed by atoms with E-state index in [1.807, 2.05) is 13.8 Å². The van der Waals surface area contributed by atoms with Crippen LogP contribution in [0.25, 0.3) is 0 Å². The number of hydrogen-bond donors (Lipinski definition) is 2. The molecule has 2 N–H and O–H groups in total. The third-order valence-corrected chi connectivity index (χ3v) is 7.87.